The highest BCUT2D eigenvalue weighted by molar-refractivity contribution is 7.92. The molecule has 3 rings (SSSR count). The molecule has 0 heterocycles. The van der Waals surface area contributed by atoms with Gasteiger partial charge in [0.1, 0.15) is 0 Å². The fourth-order valence-corrected chi connectivity index (χ4v) is 3.61. The van der Waals surface area contributed by atoms with Gasteiger partial charge in [-0.15, -0.1) is 0 Å². The Hall–Kier alpha value is -3.28. The van der Waals surface area contributed by atoms with Gasteiger partial charge in [0.2, 0.25) is 0 Å². The molecule has 4 nitrogen and oxygen atoms in total. The van der Waals surface area contributed by atoms with Gasteiger partial charge in [0.15, 0.2) is 34.8 Å². The SMILES string of the molecule is Cc1ccc(S(=O)(=O)Nc2cc(F)c(F)cc2Oc2c(F)cc(C(F)(F)F)cc2F)cc1. The summed E-state index contributed by atoms with van der Waals surface area (Å²) in [5.74, 6) is -8.95. The predicted molar refractivity (Wildman–Crippen MR) is 99.8 cm³/mol. The number of alkyl halides is 3. The summed E-state index contributed by atoms with van der Waals surface area (Å²) in [5.41, 5.74) is -1.66. The number of aryl methyl sites for hydroxylation is 1. The Labute approximate surface area is 177 Å². The highest BCUT2D eigenvalue weighted by atomic mass is 32.2. The van der Waals surface area contributed by atoms with E-state index in [1.807, 2.05) is 4.72 Å². The van der Waals surface area contributed by atoms with Gasteiger partial charge in [-0.1, -0.05) is 17.7 Å². The third-order valence-corrected chi connectivity index (χ3v) is 5.52. The van der Waals surface area contributed by atoms with Crippen LogP contribution in [0, 0.1) is 30.2 Å². The normalized spacial score (nSPS) is 12.0. The molecule has 0 radical (unpaired) electrons. The average molecular weight is 479 g/mol. The minimum atomic E-state index is -5.06. The summed E-state index contributed by atoms with van der Waals surface area (Å²) in [6, 6.07) is 5.88. The van der Waals surface area contributed by atoms with E-state index in [9.17, 15) is 39.2 Å². The first-order chi connectivity index (χ1) is 14.8. The summed E-state index contributed by atoms with van der Waals surface area (Å²) < 4.78 is 126. The number of sulfonamides is 1. The van der Waals surface area contributed by atoms with E-state index in [0.29, 0.717) is 12.1 Å². The van der Waals surface area contributed by atoms with E-state index in [0.717, 1.165) is 5.56 Å². The molecule has 3 aromatic carbocycles. The monoisotopic (exact) mass is 479 g/mol. The molecule has 0 bridgehead atoms. The number of hydrogen-bond donors (Lipinski definition) is 1. The fraction of sp³-hybridized carbons (Fsp3) is 0.100. The van der Waals surface area contributed by atoms with Crippen molar-refractivity contribution >= 4 is 15.7 Å². The number of anilines is 1. The highest BCUT2D eigenvalue weighted by Crippen LogP contribution is 2.38. The van der Waals surface area contributed by atoms with Crippen LogP contribution >= 0.6 is 0 Å². The maximum absolute atomic E-state index is 14.1. The second-order valence-electron chi connectivity index (χ2n) is 6.55. The molecule has 0 atom stereocenters. The van der Waals surface area contributed by atoms with Gasteiger partial charge in [0, 0.05) is 12.1 Å². The van der Waals surface area contributed by atoms with Crippen molar-refractivity contribution in [3.8, 4) is 11.5 Å². The Balaban J connectivity index is 2.04. The molecule has 0 aliphatic carbocycles. The number of halogens is 7. The lowest BCUT2D eigenvalue weighted by atomic mass is 10.2. The summed E-state index contributed by atoms with van der Waals surface area (Å²) in [4.78, 5) is -0.273. The van der Waals surface area contributed by atoms with E-state index in [1.165, 1.54) is 24.3 Å². The van der Waals surface area contributed by atoms with E-state index in [4.69, 9.17) is 4.74 Å². The van der Waals surface area contributed by atoms with Gasteiger partial charge in [-0.2, -0.15) is 13.2 Å². The third kappa shape index (κ3) is 4.96. The fourth-order valence-electron chi connectivity index (χ4n) is 2.54. The third-order valence-electron chi connectivity index (χ3n) is 4.14. The zero-order chi connectivity index (χ0) is 23.8. The minimum absolute atomic E-state index is 0.0611. The van der Waals surface area contributed by atoms with Gasteiger partial charge in [-0.3, -0.25) is 4.72 Å². The maximum Gasteiger partial charge on any atom is 0.416 e. The van der Waals surface area contributed by atoms with Crippen LogP contribution in [0.5, 0.6) is 11.5 Å². The first-order valence-corrected chi connectivity index (χ1v) is 10.1. The number of ether oxygens (including phenoxy) is 1. The molecule has 1 N–H and O–H groups in total. The second-order valence-corrected chi connectivity index (χ2v) is 8.23. The number of benzene rings is 3. The predicted octanol–water partition coefficient (Wildman–Crippen LogP) is 6.16. The minimum Gasteiger partial charge on any atom is -0.449 e. The van der Waals surface area contributed by atoms with Crippen LogP contribution in [-0.4, -0.2) is 8.42 Å². The van der Waals surface area contributed by atoms with Gasteiger partial charge in [0.05, 0.1) is 16.1 Å². The van der Waals surface area contributed by atoms with Crippen molar-refractivity contribution in [1.82, 2.24) is 0 Å². The van der Waals surface area contributed by atoms with Crippen molar-refractivity contribution in [1.29, 1.82) is 0 Å². The summed E-state index contributed by atoms with van der Waals surface area (Å²) >= 11 is 0. The summed E-state index contributed by atoms with van der Waals surface area (Å²) in [7, 11) is -4.38. The van der Waals surface area contributed by atoms with Gasteiger partial charge in [-0.25, -0.2) is 26.0 Å². The summed E-state index contributed by atoms with van der Waals surface area (Å²) in [6.07, 6.45) is -5.06. The van der Waals surface area contributed by atoms with Crippen LogP contribution in [0.15, 0.2) is 53.4 Å². The smallest absolute Gasteiger partial charge is 0.416 e. The van der Waals surface area contributed by atoms with Crippen molar-refractivity contribution in [3.63, 3.8) is 0 Å². The van der Waals surface area contributed by atoms with Crippen LogP contribution in [0.3, 0.4) is 0 Å². The Bertz CT molecular complexity index is 1250. The van der Waals surface area contributed by atoms with E-state index < -0.39 is 62.2 Å². The molecular weight excluding hydrogens is 467 g/mol. The lowest BCUT2D eigenvalue weighted by molar-refractivity contribution is -0.138. The molecule has 0 aromatic heterocycles. The van der Waals surface area contributed by atoms with Crippen molar-refractivity contribution in [3.05, 3.63) is 82.9 Å². The van der Waals surface area contributed by atoms with Crippen molar-refractivity contribution in [2.24, 2.45) is 0 Å². The molecule has 0 saturated heterocycles. The quantitative estimate of drug-likeness (QED) is 0.446. The lowest BCUT2D eigenvalue weighted by Crippen LogP contribution is -2.14. The summed E-state index contributed by atoms with van der Waals surface area (Å²) in [5, 5.41) is 0. The van der Waals surface area contributed by atoms with Crippen LogP contribution in [-0.2, 0) is 16.2 Å². The first kappa shape index (κ1) is 23.4. The zero-order valence-electron chi connectivity index (χ0n) is 15.9. The van der Waals surface area contributed by atoms with Crippen LogP contribution < -0.4 is 9.46 Å². The molecule has 0 saturated carbocycles. The van der Waals surface area contributed by atoms with E-state index in [2.05, 4.69) is 0 Å². The molecule has 32 heavy (non-hydrogen) atoms. The van der Waals surface area contributed by atoms with E-state index >= 15 is 0 Å². The van der Waals surface area contributed by atoms with Crippen molar-refractivity contribution in [2.45, 2.75) is 18.0 Å². The Morgan fingerprint density at radius 2 is 1.34 bits per heavy atom. The molecule has 0 fully saturated rings. The van der Waals surface area contributed by atoms with Crippen LogP contribution in [0.25, 0.3) is 0 Å². The number of hydrogen-bond acceptors (Lipinski definition) is 3. The largest absolute Gasteiger partial charge is 0.449 e. The Morgan fingerprint density at radius 3 is 1.88 bits per heavy atom. The molecular formula is C20H12F7NO3S. The second kappa shape index (κ2) is 8.34. The molecule has 12 heteroatoms. The topological polar surface area (TPSA) is 55.4 Å². The standard InChI is InChI=1S/C20H12F7NO3S/c1-10-2-4-12(5-3-10)32(29,30)28-17-8-13(21)14(22)9-18(17)31-19-15(23)6-11(7-16(19)24)20(25,26)27/h2-9,28H,1H3. The molecule has 0 aliphatic rings. The van der Waals surface area contributed by atoms with Gasteiger partial charge in [-0.05, 0) is 31.2 Å². The van der Waals surface area contributed by atoms with Gasteiger partial charge < -0.3 is 4.74 Å². The van der Waals surface area contributed by atoms with E-state index in [-0.39, 0.29) is 17.0 Å². The summed E-state index contributed by atoms with van der Waals surface area (Å²) in [6.45, 7) is 1.69. The molecule has 0 aliphatic heterocycles. The van der Waals surface area contributed by atoms with Crippen LogP contribution in [0.2, 0.25) is 0 Å². The highest BCUT2D eigenvalue weighted by Gasteiger charge is 2.33. The molecule has 3 aromatic rings. The molecule has 0 spiro atoms. The van der Waals surface area contributed by atoms with Gasteiger partial charge in [0.25, 0.3) is 10.0 Å². The van der Waals surface area contributed by atoms with Crippen LogP contribution in [0.1, 0.15) is 11.1 Å². The molecule has 0 unspecified atom stereocenters. The first-order valence-electron chi connectivity index (χ1n) is 8.60. The zero-order valence-corrected chi connectivity index (χ0v) is 16.7. The van der Waals surface area contributed by atoms with Crippen LogP contribution in [0.4, 0.5) is 36.4 Å². The van der Waals surface area contributed by atoms with Crippen molar-refractivity contribution in [2.75, 3.05) is 4.72 Å². The average Bonchev–Trinajstić information content (AvgIpc) is 2.67. The number of nitrogens with one attached hydrogen (secondary N) is 1. The van der Waals surface area contributed by atoms with E-state index in [1.54, 1.807) is 6.92 Å². The van der Waals surface area contributed by atoms with Gasteiger partial charge >= 0.3 is 6.18 Å². The molecule has 0 amide bonds. The number of rotatable bonds is 5. The molecule has 170 valence electrons. The lowest BCUT2D eigenvalue weighted by Gasteiger charge is -2.16. The maximum atomic E-state index is 14.1. The van der Waals surface area contributed by atoms with Crippen molar-refractivity contribution < 1.29 is 43.9 Å². The Kier molecular flexibility index (Phi) is 6.09. The Morgan fingerprint density at radius 1 is 0.812 bits per heavy atom.